The van der Waals surface area contributed by atoms with Crippen LogP contribution in [0.25, 0.3) is 50.4 Å². The predicted octanol–water partition coefficient (Wildman–Crippen LogP) is 4.94. The Labute approximate surface area is 210 Å². The minimum Gasteiger partial charge on any atom is -0.334 e. The van der Waals surface area contributed by atoms with Crippen LogP contribution >= 0.6 is 0 Å². The Kier molecular flexibility index (Phi) is 5.44. The van der Waals surface area contributed by atoms with Gasteiger partial charge in [-0.05, 0) is 43.2 Å². The molecule has 3 N–H and O–H groups in total. The van der Waals surface area contributed by atoms with E-state index in [9.17, 15) is 4.79 Å². The van der Waals surface area contributed by atoms with Crippen LogP contribution in [0, 0.1) is 12.7 Å². The maximum absolute atomic E-state index is 15.1. The lowest BCUT2D eigenvalue weighted by atomic mass is 10.0. The van der Waals surface area contributed by atoms with Gasteiger partial charge >= 0.3 is 0 Å². The average Bonchev–Trinajstić information content (AvgIpc) is 3.61. The third-order valence-corrected chi connectivity index (χ3v) is 6.04. The molecule has 0 unspecified atom stereocenters. The first kappa shape index (κ1) is 22.5. The second-order valence-electron chi connectivity index (χ2n) is 8.75. The predicted molar refractivity (Wildman–Crippen MR) is 138 cm³/mol. The molecule has 1 aromatic carbocycles. The van der Waals surface area contributed by atoms with Crippen LogP contribution in [0.1, 0.15) is 25.5 Å². The fourth-order valence-corrected chi connectivity index (χ4v) is 4.32. The van der Waals surface area contributed by atoms with Gasteiger partial charge in [0.2, 0.25) is 5.91 Å². The molecule has 37 heavy (non-hydrogen) atoms. The summed E-state index contributed by atoms with van der Waals surface area (Å²) >= 11 is 0. The van der Waals surface area contributed by atoms with E-state index in [1.54, 1.807) is 31.0 Å². The van der Waals surface area contributed by atoms with E-state index in [0.29, 0.717) is 51.3 Å². The van der Waals surface area contributed by atoms with Gasteiger partial charge in [-0.2, -0.15) is 5.10 Å². The molecule has 0 saturated heterocycles. The van der Waals surface area contributed by atoms with Gasteiger partial charge < -0.3 is 14.9 Å². The van der Waals surface area contributed by atoms with E-state index < -0.39 is 5.82 Å². The van der Waals surface area contributed by atoms with E-state index >= 15 is 4.39 Å². The standard InChI is InChI=1S/C26H22FN9O/c1-3-4-21(37)31-17-7-16(10-28-11-17)15-8-18-22(19(27)9-15)34-35-23(18)26-32-24-20(5-6-29-25(24)33-26)36-12-14(2)30-13-36/h5-13H,3-4H2,1-2H3,(H,31,37)(H,34,35)(H,29,32,33). The van der Waals surface area contributed by atoms with E-state index in [2.05, 4.69) is 40.4 Å². The summed E-state index contributed by atoms with van der Waals surface area (Å²) in [6.07, 6.45) is 9.67. The Morgan fingerprint density at radius 1 is 1.16 bits per heavy atom. The van der Waals surface area contributed by atoms with E-state index in [1.165, 1.54) is 6.07 Å². The molecule has 6 rings (SSSR count). The SMILES string of the molecule is CCCC(=O)Nc1cncc(-c2cc(F)c3n[nH]c(-c4nc5nccc(-n6cnc(C)c6)c5[nH]4)c3c2)c1. The minimum atomic E-state index is -0.487. The number of pyridine rings is 2. The zero-order valence-electron chi connectivity index (χ0n) is 20.1. The van der Waals surface area contributed by atoms with Crippen LogP contribution in [0.2, 0.25) is 0 Å². The number of anilines is 1. The first-order valence-electron chi connectivity index (χ1n) is 11.8. The van der Waals surface area contributed by atoms with Crippen molar-refractivity contribution in [3.05, 3.63) is 66.9 Å². The number of fused-ring (bicyclic) bond motifs is 2. The maximum Gasteiger partial charge on any atom is 0.224 e. The third-order valence-electron chi connectivity index (χ3n) is 6.04. The Balaban J connectivity index is 1.43. The largest absolute Gasteiger partial charge is 0.334 e. The maximum atomic E-state index is 15.1. The molecule has 0 aliphatic carbocycles. The van der Waals surface area contributed by atoms with Gasteiger partial charge in [-0.3, -0.25) is 14.9 Å². The summed E-state index contributed by atoms with van der Waals surface area (Å²) in [5, 5.41) is 10.5. The lowest BCUT2D eigenvalue weighted by Gasteiger charge is -2.07. The fraction of sp³-hybridized carbons (Fsp3) is 0.154. The van der Waals surface area contributed by atoms with Gasteiger partial charge in [0.25, 0.3) is 0 Å². The van der Waals surface area contributed by atoms with Gasteiger partial charge in [0, 0.05) is 36.0 Å². The van der Waals surface area contributed by atoms with E-state index in [-0.39, 0.29) is 11.4 Å². The normalized spacial score (nSPS) is 11.4. The molecule has 0 fully saturated rings. The van der Waals surface area contributed by atoms with Gasteiger partial charge in [0.05, 0.1) is 29.6 Å². The monoisotopic (exact) mass is 495 g/mol. The van der Waals surface area contributed by atoms with Gasteiger partial charge in [0.15, 0.2) is 17.3 Å². The molecular formula is C26H22FN9O. The molecule has 0 bridgehead atoms. The number of halogens is 1. The van der Waals surface area contributed by atoms with E-state index in [4.69, 9.17) is 0 Å². The van der Waals surface area contributed by atoms with Crippen molar-refractivity contribution in [2.24, 2.45) is 0 Å². The highest BCUT2D eigenvalue weighted by Gasteiger charge is 2.18. The zero-order chi connectivity index (χ0) is 25.5. The van der Waals surface area contributed by atoms with Crippen LogP contribution in [-0.4, -0.2) is 45.6 Å². The van der Waals surface area contributed by atoms with Gasteiger partial charge in [-0.1, -0.05) is 6.92 Å². The molecule has 1 amide bonds. The number of nitrogens with zero attached hydrogens (tertiary/aromatic N) is 6. The summed E-state index contributed by atoms with van der Waals surface area (Å²) in [4.78, 5) is 32.9. The molecule has 5 aromatic heterocycles. The number of H-pyrrole nitrogens is 2. The smallest absolute Gasteiger partial charge is 0.224 e. The number of aryl methyl sites for hydroxylation is 1. The quantitative estimate of drug-likeness (QED) is 0.300. The Morgan fingerprint density at radius 3 is 2.86 bits per heavy atom. The lowest BCUT2D eigenvalue weighted by molar-refractivity contribution is -0.116. The molecule has 184 valence electrons. The molecule has 0 atom stereocenters. The van der Waals surface area contributed by atoms with Gasteiger partial charge in [0.1, 0.15) is 16.7 Å². The average molecular weight is 496 g/mol. The molecule has 0 aliphatic rings. The van der Waals surface area contributed by atoms with Crippen molar-refractivity contribution in [1.29, 1.82) is 0 Å². The third kappa shape index (κ3) is 4.10. The van der Waals surface area contributed by atoms with Crippen molar-refractivity contribution in [2.75, 3.05) is 5.32 Å². The number of imidazole rings is 2. The van der Waals surface area contributed by atoms with Crippen molar-refractivity contribution < 1.29 is 9.18 Å². The van der Waals surface area contributed by atoms with Crippen molar-refractivity contribution >= 4 is 33.7 Å². The Bertz CT molecular complexity index is 1780. The molecule has 0 saturated carbocycles. The number of hydrogen-bond donors (Lipinski definition) is 3. The van der Waals surface area contributed by atoms with Crippen LogP contribution in [0.5, 0.6) is 0 Å². The number of nitrogens with one attached hydrogen (secondary N) is 3. The first-order valence-corrected chi connectivity index (χ1v) is 11.8. The van der Waals surface area contributed by atoms with E-state index in [0.717, 1.165) is 17.8 Å². The first-order chi connectivity index (χ1) is 18.0. The highest BCUT2D eigenvalue weighted by molar-refractivity contribution is 5.97. The number of aromatic nitrogens is 8. The number of carbonyl (C=O) groups excluding carboxylic acids is 1. The molecular weight excluding hydrogens is 473 g/mol. The molecule has 0 aliphatic heterocycles. The van der Waals surface area contributed by atoms with Crippen molar-refractivity contribution in [2.45, 2.75) is 26.7 Å². The molecule has 11 heteroatoms. The number of rotatable bonds is 6. The van der Waals surface area contributed by atoms with Crippen LogP contribution in [0.15, 0.2) is 55.4 Å². The summed E-state index contributed by atoms with van der Waals surface area (Å²) < 4.78 is 17.0. The highest BCUT2D eigenvalue weighted by atomic mass is 19.1. The number of benzene rings is 1. The lowest BCUT2D eigenvalue weighted by Crippen LogP contribution is -2.10. The number of aromatic amines is 2. The van der Waals surface area contributed by atoms with Crippen molar-refractivity contribution in [1.82, 2.24) is 39.7 Å². The van der Waals surface area contributed by atoms with Crippen LogP contribution < -0.4 is 5.32 Å². The summed E-state index contributed by atoms with van der Waals surface area (Å²) in [5.41, 5.74) is 5.48. The highest BCUT2D eigenvalue weighted by Crippen LogP contribution is 2.33. The van der Waals surface area contributed by atoms with E-state index in [1.807, 2.05) is 36.7 Å². The minimum absolute atomic E-state index is 0.0936. The van der Waals surface area contributed by atoms with Crippen LogP contribution in [0.4, 0.5) is 10.1 Å². The second kappa shape index (κ2) is 8.94. The number of amides is 1. The summed E-state index contributed by atoms with van der Waals surface area (Å²) in [7, 11) is 0. The zero-order valence-corrected chi connectivity index (χ0v) is 20.1. The number of hydrogen-bond acceptors (Lipinski definition) is 6. The Hall–Kier alpha value is -4.93. The summed E-state index contributed by atoms with van der Waals surface area (Å²) in [6, 6.07) is 6.87. The van der Waals surface area contributed by atoms with Crippen LogP contribution in [-0.2, 0) is 4.79 Å². The van der Waals surface area contributed by atoms with Crippen LogP contribution in [0.3, 0.4) is 0 Å². The Morgan fingerprint density at radius 2 is 2.05 bits per heavy atom. The fourth-order valence-electron chi connectivity index (χ4n) is 4.32. The molecule has 6 aromatic rings. The van der Waals surface area contributed by atoms with Gasteiger partial charge in [-0.15, -0.1) is 0 Å². The number of carbonyl (C=O) groups is 1. The summed E-state index contributed by atoms with van der Waals surface area (Å²) in [5.74, 6) is -0.104. The summed E-state index contributed by atoms with van der Waals surface area (Å²) in [6.45, 7) is 3.85. The topological polar surface area (TPSA) is 130 Å². The molecule has 5 heterocycles. The van der Waals surface area contributed by atoms with Crippen molar-refractivity contribution in [3.63, 3.8) is 0 Å². The molecule has 0 spiro atoms. The second-order valence-corrected chi connectivity index (χ2v) is 8.75. The molecule has 10 nitrogen and oxygen atoms in total. The van der Waals surface area contributed by atoms with Crippen molar-refractivity contribution in [3.8, 4) is 28.3 Å². The van der Waals surface area contributed by atoms with Gasteiger partial charge in [-0.25, -0.2) is 19.3 Å². The molecule has 0 radical (unpaired) electrons.